The van der Waals surface area contributed by atoms with Crippen LogP contribution in [0.5, 0.6) is 0 Å². The summed E-state index contributed by atoms with van der Waals surface area (Å²) in [7, 11) is 4.15. The van der Waals surface area contributed by atoms with Crippen LogP contribution in [0.25, 0.3) is 0 Å². The van der Waals surface area contributed by atoms with E-state index in [0.717, 1.165) is 32.7 Å². The molecule has 1 aliphatic rings. The summed E-state index contributed by atoms with van der Waals surface area (Å²) in [6, 6.07) is 0. The Balaban J connectivity index is 1.87. The fourth-order valence-electron chi connectivity index (χ4n) is 4.18. The average Bonchev–Trinajstić information content (AvgIpc) is 3.07. The van der Waals surface area contributed by atoms with Crippen LogP contribution in [-0.2, 0) is 11.3 Å². The lowest BCUT2D eigenvalue weighted by Crippen LogP contribution is -2.37. The molecule has 1 aromatic heterocycles. The maximum Gasteiger partial charge on any atom is 0.219 e. The van der Waals surface area contributed by atoms with Crippen molar-refractivity contribution < 1.29 is 4.79 Å². The summed E-state index contributed by atoms with van der Waals surface area (Å²) in [5.41, 5.74) is 2.59. The predicted molar refractivity (Wildman–Crippen MR) is 111 cm³/mol. The van der Waals surface area contributed by atoms with E-state index in [1.165, 1.54) is 36.9 Å². The number of likely N-dealkylation sites (N-methyl/N-ethyl adjacent to an activating group) is 2. The minimum absolute atomic E-state index is 0.213. The van der Waals surface area contributed by atoms with Gasteiger partial charge in [0.05, 0.1) is 5.69 Å². The summed E-state index contributed by atoms with van der Waals surface area (Å²) < 4.78 is 0. The number of rotatable bonds is 10. The lowest BCUT2D eigenvalue weighted by atomic mass is 9.79. The first-order chi connectivity index (χ1) is 12.9. The number of carbonyl (C=O) groups is 1. The lowest BCUT2D eigenvalue weighted by Gasteiger charge is -2.33. The third kappa shape index (κ3) is 6.92. The molecule has 154 valence electrons. The number of aromatic nitrogens is 2. The minimum atomic E-state index is 0.213. The highest BCUT2D eigenvalue weighted by Crippen LogP contribution is 2.36. The normalized spacial score (nSPS) is 20.4. The molecule has 0 spiro atoms. The molecule has 2 N–H and O–H groups in total. The van der Waals surface area contributed by atoms with Crippen molar-refractivity contribution in [3.05, 3.63) is 17.5 Å². The van der Waals surface area contributed by atoms with Crippen molar-refractivity contribution in [1.29, 1.82) is 0 Å². The topological polar surface area (TPSA) is 64.3 Å². The first-order valence-electron chi connectivity index (χ1n) is 10.5. The Morgan fingerprint density at radius 2 is 2.04 bits per heavy atom. The van der Waals surface area contributed by atoms with Gasteiger partial charge < -0.3 is 15.1 Å². The van der Waals surface area contributed by atoms with Crippen molar-refractivity contribution in [3.8, 4) is 0 Å². The molecule has 1 saturated carbocycles. The standard InChI is InChI=1S/C21H39N5O/c1-16(2)13-26(17(3)27)14-18-6-8-19(9-7-18)21-20(12-23-24-21)15-25(5)11-10-22-4/h12,16,18-19,22H,6-11,13-15H2,1-5H3,(H,23,24)/t18-,19+. The van der Waals surface area contributed by atoms with Crippen LogP contribution in [0.2, 0.25) is 0 Å². The maximum atomic E-state index is 11.9. The summed E-state index contributed by atoms with van der Waals surface area (Å²) in [6.45, 7) is 10.8. The van der Waals surface area contributed by atoms with Crippen molar-refractivity contribution >= 4 is 5.91 Å². The Labute approximate surface area is 165 Å². The molecule has 2 rings (SSSR count). The zero-order valence-corrected chi connectivity index (χ0v) is 17.9. The lowest BCUT2D eigenvalue weighted by molar-refractivity contribution is -0.130. The predicted octanol–water partition coefficient (Wildman–Crippen LogP) is 2.84. The second-order valence-corrected chi connectivity index (χ2v) is 8.67. The summed E-state index contributed by atoms with van der Waals surface area (Å²) in [6.07, 6.45) is 6.80. The van der Waals surface area contributed by atoms with Crippen LogP contribution in [0.1, 0.15) is 63.6 Å². The Hall–Kier alpha value is -1.40. The van der Waals surface area contributed by atoms with Gasteiger partial charge in [-0.25, -0.2) is 0 Å². The van der Waals surface area contributed by atoms with E-state index in [4.69, 9.17) is 0 Å². The van der Waals surface area contributed by atoms with Gasteiger partial charge in [-0.2, -0.15) is 5.10 Å². The van der Waals surface area contributed by atoms with Crippen LogP contribution in [0.3, 0.4) is 0 Å². The van der Waals surface area contributed by atoms with Crippen molar-refractivity contribution in [3.63, 3.8) is 0 Å². The maximum absolute atomic E-state index is 11.9. The molecule has 6 heteroatoms. The quantitative estimate of drug-likeness (QED) is 0.658. The van der Waals surface area contributed by atoms with E-state index in [2.05, 4.69) is 47.5 Å². The van der Waals surface area contributed by atoms with Crippen LogP contribution in [0.4, 0.5) is 0 Å². The Kier molecular flexibility index (Phi) is 8.77. The Morgan fingerprint density at radius 1 is 1.33 bits per heavy atom. The van der Waals surface area contributed by atoms with Gasteiger partial charge in [0.2, 0.25) is 5.91 Å². The van der Waals surface area contributed by atoms with Gasteiger partial charge in [-0.1, -0.05) is 13.8 Å². The summed E-state index contributed by atoms with van der Waals surface area (Å²) in [4.78, 5) is 16.3. The summed E-state index contributed by atoms with van der Waals surface area (Å²) in [5.74, 6) is 1.92. The highest BCUT2D eigenvalue weighted by molar-refractivity contribution is 5.73. The highest BCUT2D eigenvalue weighted by Gasteiger charge is 2.27. The number of aromatic amines is 1. The number of hydrogen-bond acceptors (Lipinski definition) is 4. The van der Waals surface area contributed by atoms with E-state index < -0.39 is 0 Å². The number of hydrogen-bond donors (Lipinski definition) is 2. The van der Waals surface area contributed by atoms with Gasteiger partial charge >= 0.3 is 0 Å². The molecule has 1 aromatic rings. The summed E-state index contributed by atoms with van der Waals surface area (Å²) in [5, 5.41) is 10.9. The molecular formula is C21H39N5O. The highest BCUT2D eigenvalue weighted by atomic mass is 16.2. The van der Waals surface area contributed by atoms with E-state index in [1.54, 1.807) is 6.92 Å². The van der Waals surface area contributed by atoms with Crippen LogP contribution in [-0.4, -0.2) is 66.2 Å². The molecule has 1 heterocycles. The minimum Gasteiger partial charge on any atom is -0.342 e. The molecule has 0 atom stereocenters. The fourth-order valence-corrected chi connectivity index (χ4v) is 4.18. The van der Waals surface area contributed by atoms with Crippen LogP contribution < -0.4 is 5.32 Å². The largest absolute Gasteiger partial charge is 0.342 e. The zero-order valence-electron chi connectivity index (χ0n) is 17.9. The van der Waals surface area contributed by atoms with Gasteiger partial charge in [-0.15, -0.1) is 0 Å². The second kappa shape index (κ2) is 10.8. The molecule has 27 heavy (non-hydrogen) atoms. The zero-order chi connectivity index (χ0) is 19.8. The molecule has 0 saturated heterocycles. The molecule has 1 fully saturated rings. The van der Waals surface area contributed by atoms with Crippen molar-refractivity contribution in [2.45, 2.75) is 58.9 Å². The molecule has 0 aliphatic heterocycles. The molecular weight excluding hydrogens is 338 g/mol. The van der Waals surface area contributed by atoms with E-state index in [-0.39, 0.29) is 5.91 Å². The second-order valence-electron chi connectivity index (χ2n) is 8.67. The SMILES string of the molecule is CNCCN(C)Cc1c[nH]nc1[C@H]1CC[C@@H](CN(CC(C)C)C(C)=O)CC1. The number of nitrogens with one attached hydrogen (secondary N) is 2. The first kappa shape index (κ1) is 21.9. The molecule has 1 aliphatic carbocycles. The van der Waals surface area contributed by atoms with E-state index in [1.807, 2.05) is 11.9 Å². The Bertz CT molecular complexity index is 563. The average molecular weight is 378 g/mol. The van der Waals surface area contributed by atoms with E-state index in [9.17, 15) is 4.79 Å². The van der Waals surface area contributed by atoms with Crippen LogP contribution in [0.15, 0.2) is 6.20 Å². The van der Waals surface area contributed by atoms with Gasteiger partial charge in [0.15, 0.2) is 0 Å². The summed E-state index contributed by atoms with van der Waals surface area (Å²) >= 11 is 0. The van der Waals surface area contributed by atoms with Gasteiger partial charge in [0, 0.05) is 57.3 Å². The number of H-pyrrole nitrogens is 1. The van der Waals surface area contributed by atoms with Gasteiger partial charge in [0.1, 0.15) is 0 Å². The van der Waals surface area contributed by atoms with E-state index in [0.29, 0.717) is 17.8 Å². The fraction of sp³-hybridized carbons (Fsp3) is 0.810. The van der Waals surface area contributed by atoms with Crippen molar-refractivity contribution in [2.24, 2.45) is 11.8 Å². The number of amides is 1. The Morgan fingerprint density at radius 3 is 2.63 bits per heavy atom. The van der Waals surface area contributed by atoms with Gasteiger partial charge in [0.25, 0.3) is 0 Å². The third-order valence-electron chi connectivity index (χ3n) is 5.68. The van der Waals surface area contributed by atoms with Crippen molar-refractivity contribution in [2.75, 3.05) is 40.3 Å². The first-order valence-corrected chi connectivity index (χ1v) is 10.5. The molecule has 6 nitrogen and oxygen atoms in total. The molecule has 0 unspecified atom stereocenters. The smallest absolute Gasteiger partial charge is 0.219 e. The van der Waals surface area contributed by atoms with Crippen molar-refractivity contribution in [1.82, 2.24) is 25.3 Å². The monoisotopic (exact) mass is 377 g/mol. The molecule has 0 bridgehead atoms. The van der Waals surface area contributed by atoms with Crippen LogP contribution >= 0.6 is 0 Å². The number of carbonyl (C=O) groups excluding carboxylic acids is 1. The third-order valence-corrected chi connectivity index (χ3v) is 5.68. The molecule has 1 amide bonds. The van der Waals surface area contributed by atoms with Crippen LogP contribution in [0, 0.1) is 11.8 Å². The van der Waals surface area contributed by atoms with Gasteiger partial charge in [-0.05, 0) is 51.6 Å². The molecule has 0 radical (unpaired) electrons. The number of nitrogens with zero attached hydrogens (tertiary/aromatic N) is 3. The van der Waals surface area contributed by atoms with E-state index >= 15 is 0 Å². The van der Waals surface area contributed by atoms with Gasteiger partial charge in [-0.3, -0.25) is 9.89 Å². The molecule has 0 aromatic carbocycles.